The van der Waals surface area contributed by atoms with Crippen molar-refractivity contribution < 1.29 is 19.0 Å². The number of benzene rings is 2. The number of ether oxygens (including phenoxy) is 3. The first-order chi connectivity index (χ1) is 16.3. The zero-order valence-electron chi connectivity index (χ0n) is 19.1. The number of thiophene rings is 1. The lowest BCUT2D eigenvalue weighted by Gasteiger charge is -2.15. The van der Waals surface area contributed by atoms with Crippen LogP contribution < -0.4 is 25.7 Å². The topological polar surface area (TPSA) is 133 Å². The van der Waals surface area contributed by atoms with Crippen LogP contribution in [0.15, 0.2) is 36.4 Å². The minimum absolute atomic E-state index is 0.0575. The summed E-state index contributed by atoms with van der Waals surface area (Å²) < 4.78 is 16.1. The highest BCUT2D eigenvalue weighted by Gasteiger charge is 2.26. The van der Waals surface area contributed by atoms with Crippen molar-refractivity contribution in [1.82, 2.24) is 4.98 Å². The number of nitrogen functional groups attached to an aromatic ring is 2. The molecule has 0 fully saturated rings. The Hall–Kier alpha value is -4.29. The standard InChI is InChI=1S/C25H22N4O4S/c1-12-9-14(10-17(32-3)22(12)33-4)18-16(11-26)24(28)29-25-19(18)20(27)23(34-25)21(30)13-5-7-15(31-2)8-6-13/h5-10H,27H2,1-4H3,(H2,28,29). The molecule has 0 radical (unpaired) electrons. The van der Waals surface area contributed by atoms with E-state index in [9.17, 15) is 10.1 Å². The van der Waals surface area contributed by atoms with Crippen LogP contribution in [0, 0.1) is 18.3 Å². The number of fused-ring (bicyclic) bond motifs is 1. The quantitative estimate of drug-likeness (QED) is 0.388. The van der Waals surface area contributed by atoms with Crippen LogP contribution in [0.5, 0.6) is 17.2 Å². The summed E-state index contributed by atoms with van der Waals surface area (Å²) >= 11 is 1.14. The number of methoxy groups -OCH3 is 3. The van der Waals surface area contributed by atoms with Crippen molar-refractivity contribution >= 4 is 38.8 Å². The Bertz CT molecular complexity index is 1470. The molecule has 4 rings (SSSR count). The number of ketones is 1. The number of rotatable bonds is 6. The third-order valence-corrected chi connectivity index (χ3v) is 6.63. The number of nitrogens with zero attached hydrogens (tertiary/aromatic N) is 2. The molecule has 0 unspecified atom stereocenters. The molecule has 0 aliphatic heterocycles. The van der Waals surface area contributed by atoms with Crippen LogP contribution in [-0.4, -0.2) is 32.1 Å². The SMILES string of the molecule is COc1ccc(C(=O)c2sc3nc(N)c(C#N)c(-c4cc(C)c(OC)c(OC)c4)c3c2N)cc1. The highest BCUT2D eigenvalue weighted by molar-refractivity contribution is 7.21. The smallest absolute Gasteiger partial charge is 0.205 e. The highest BCUT2D eigenvalue weighted by Crippen LogP contribution is 2.45. The Morgan fingerprint density at radius 2 is 1.76 bits per heavy atom. The molecule has 0 aliphatic rings. The first-order valence-corrected chi connectivity index (χ1v) is 11.0. The van der Waals surface area contributed by atoms with Crippen molar-refractivity contribution in [2.24, 2.45) is 0 Å². The van der Waals surface area contributed by atoms with Gasteiger partial charge in [-0.3, -0.25) is 4.79 Å². The first-order valence-electron chi connectivity index (χ1n) is 10.2. The molecule has 0 amide bonds. The van der Waals surface area contributed by atoms with Gasteiger partial charge < -0.3 is 25.7 Å². The predicted molar refractivity (Wildman–Crippen MR) is 133 cm³/mol. The zero-order valence-corrected chi connectivity index (χ0v) is 19.9. The van der Waals surface area contributed by atoms with Crippen LogP contribution in [0.2, 0.25) is 0 Å². The van der Waals surface area contributed by atoms with Crippen LogP contribution in [0.1, 0.15) is 26.4 Å². The number of pyridine rings is 1. The summed E-state index contributed by atoms with van der Waals surface area (Å²) in [6.45, 7) is 1.87. The van der Waals surface area contributed by atoms with Gasteiger partial charge in [-0.15, -0.1) is 11.3 Å². The van der Waals surface area contributed by atoms with Crippen LogP contribution in [0.3, 0.4) is 0 Å². The number of nitrogens with two attached hydrogens (primary N) is 2. The monoisotopic (exact) mass is 474 g/mol. The maximum Gasteiger partial charge on any atom is 0.205 e. The molecular formula is C25H22N4O4S. The molecule has 0 saturated heterocycles. The van der Waals surface area contributed by atoms with E-state index in [0.29, 0.717) is 49.0 Å². The highest BCUT2D eigenvalue weighted by atomic mass is 32.1. The van der Waals surface area contributed by atoms with E-state index in [1.54, 1.807) is 44.6 Å². The normalized spacial score (nSPS) is 10.7. The minimum Gasteiger partial charge on any atom is -0.497 e. The fourth-order valence-electron chi connectivity index (χ4n) is 3.91. The average molecular weight is 475 g/mol. The number of aryl methyl sites for hydroxylation is 1. The third-order valence-electron chi connectivity index (χ3n) is 5.53. The van der Waals surface area contributed by atoms with E-state index >= 15 is 0 Å². The van der Waals surface area contributed by atoms with Crippen molar-refractivity contribution in [2.75, 3.05) is 32.8 Å². The third kappa shape index (κ3) is 3.64. The Labute approximate surface area is 200 Å². The molecule has 9 heteroatoms. The van der Waals surface area contributed by atoms with Crippen LogP contribution in [0.25, 0.3) is 21.3 Å². The first kappa shape index (κ1) is 22.9. The second-order valence-corrected chi connectivity index (χ2v) is 8.47. The molecule has 0 bridgehead atoms. The van der Waals surface area contributed by atoms with E-state index in [-0.39, 0.29) is 22.9 Å². The number of hydrogen-bond donors (Lipinski definition) is 2. The van der Waals surface area contributed by atoms with Crippen LogP contribution >= 0.6 is 11.3 Å². The average Bonchev–Trinajstić information content (AvgIpc) is 3.17. The van der Waals surface area contributed by atoms with Gasteiger partial charge in [0.25, 0.3) is 0 Å². The number of aromatic nitrogens is 1. The summed E-state index contributed by atoms with van der Waals surface area (Å²) in [5, 5.41) is 10.4. The van der Waals surface area contributed by atoms with Gasteiger partial charge in [0.1, 0.15) is 32.9 Å². The molecular weight excluding hydrogens is 452 g/mol. The molecule has 4 N–H and O–H groups in total. The molecule has 0 spiro atoms. The van der Waals surface area contributed by atoms with Gasteiger partial charge in [0.15, 0.2) is 11.5 Å². The second kappa shape index (κ2) is 8.92. The Balaban J connectivity index is 1.99. The van der Waals surface area contributed by atoms with Gasteiger partial charge >= 0.3 is 0 Å². The lowest BCUT2D eigenvalue weighted by Crippen LogP contribution is -2.03. The van der Waals surface area contributed by atoms with Gasteiger partial charge in [0.05, 0.1) is 27.0 Å². The largest absolute Gasteiger partial charge is 0.497 e. The van der Waals surface area contributed by atoms with E-state index in [2.05, 4.69) is 11.1 Å². The Morgan fingerprint density at radius 3 is 2.35 bits per heavy atom. The van der Waals surface area contributed by atoms with Gasteiger partial charge in [0, 0.05) is 16.5 Å². The summed E-state index contributed by atoms with van der Waals surface area (Å²) in [5.74, 6) is 1.52. The number of carbonyl (C=O) groups is 1. The van der Waals surface area contributed by atoms with Gasteiger partial charge in [-0.1, -0.05) is 0 Å². The molecule has 2 aromatic heterocycles. The Kier molecular flexibility index (Phi) is 6.01. The fraction of sp³-hybridized carbons (Fsp3) is 0.160. The van der Waals surface area contributed by atoms with Gasteiger partial charge in [-0.25, -0.2) is 4.98 Å². The van der Waals surface area contributed by atoms with Crippen molar-refractivity contribution in [3.05, 3.63) is 58.0 Å². The second-order valence-electron chi connectivity index (χ2n) is 7.47. The predicted octanol–water partition coefficient (Wildman–Crippen LogP) is 4.56. The van der Waals surface area contributed by atoms with Gasteiger partial charge in [0.2, 0.25) is 5.78 Å². The maximum atomic E-state index is 13.3. The van der Waals surface area contributed by atoms with E-state index in [4.69, 9.17) is 25.7 Å². The number of anilines is 2. The molecule has 34 heavy (non-hydrogen) atoms. The molecule has 4 aromatic rings. The summed E-state index contributed by atoms with van der Waals surface area (Å²) in [7, 11) is 4.65. The molecule has 0 saturated carbocycles. The number of nitriles is 1. The van der Waals surface area contributed by atoms with Gasteiger partial charge in [-0.2, -0.15) is 5.26 Å². The van der Waals surface area contributed by atoms with E-state index < -0.39 is 0 Å². The van der Waals surface area contributed by atoms with Crippen LogP contribution in [-0.2, 0) is 0 Å². The van der Waals surface area contributed by atoms with Crippen molar-refractivity contribution in [1.29, 1.82) is 5.26 Å². The van der Waals surface area contributed by atoms with Crippen molar-refractivity contribution in [2.45, 2.75) is 6.92 Å². The van der Waals surface area contributed by atoms with E-state index in [0.717, 1.165) is 16.9 Å². The number of carbonyl (C=O) groups excluding carboxylic acids is 1. The van der Waals surface area contributed by atoms with Gasteiger partial charge in [-0.05, 0) is 54.4 Å². The lowest BCUT2D eigenvalue weighted by atomic mass is 9.95. The van der Waals surface area contributed by atoms with Crippen molar-refractivity contribution in [3.8, 4) is 34.4 Å². The minimum atomic E-state index is -0.255. The van der Waals surface area contributed by atoms with Crippen LogP contribution in [0.4, 0.5) is 11.5 Å². The molecule has 2 heterocycles. The fourth-order valence-corrected chi connectivity index (χ4v) is 4.99. The summed E-state index contributed by atoms with van der Waals surface area (Å²) in [6.07, 6.45) is 0. The molecule has 172 valence electrons. The van der Waals surface area contributed by atoms with E-state index in [1.807, 2.05) is 13.0 Å². The lowest BCUT2D eigenvalue weighted by molar-refractivity contribution is 0.104. The molecule has 8 nitrogen and oxygen atoms in total. The molecule has 0 atom stereocenters. The molecule has 0 aliphatic carbocycles. The van der Waals surface area contributed by atoms with E-state index in [1.165, 1.54) is 7.11 Å². The number of hydrogen-bond acceptors (Lipinski definition) is 9. The Morgan fingerprint density at radius 1 is 1.06 bits per heavy atom. The maximum absolute atomic E-state index is 13.3. The summed E-state index contributed by atoms with van der Waals surface area (Å²) in [4.78, 5) is 18.5. The molecule has 2 aromatic carbocycles. The van der Waals surface area contributed by atoms with Crippen molar-refractivity contribution in [3.63, 3.8) is 0 Å². The summed E-state index contributed by atoms with van der Waals surface area (Å²) in [6, 6.07) is 12.5. The zero-order chi connectivity index (χ0) is 24.6. The summed E-state index contributed by atoms with van der Waals surface area (Å²) in [5.41, 5.74) is 15.5.